The molecule has 0 aliphatic rings. The summed E-state index contributed by atoms with van der Waals surface area (Å²) < 4.78 is 5.10. The van der Waals surface area contributed by atoms with Gasteiger partial charge in [0.15, 0.2) is 0 Å². The lowest BCUT2D eigenvalue weighted by molar-refractivity contribution is 0.415. The zero-order chi connectivity index (χ0) is 9.97. The SMILES string of the molecule is COc1ccc2ccc(NN)nc2c1. The number of pyridine rings is 1. The van der Waals surface area contributed by atoms with Crippen molar-refractivity contribution in [3.05, 3.63) is 30.3 Å². The second-order valence-electron chi connectivity index (χ2n) is 2.90. The molecule has 0 radical (unpaired) electrons. The number of nitrogens with zero attached hydrogens (tertiary/aromatic N) is 1. The van der Waals surface area contributed by atoms with Crippen LogP contribution in [0, 0.1) is 0 Å². The Morgan fingerprint density at radius 3 is 2.79 bits per heavy atom. The van der Waals surface area contributed by atoms with Crippen LogP contribution in [0.1, 0.15) is 0 Å². The minimum Gasteiger partial charge on any atom is -0.497 e. The summed E-state index contributed by atoms with van der Waals surface area (Å²) in [5, 5.41) is 1.06. The topological polar surface area (TPSA) is 60.2 Å². The van der Waals surface area contributed by atoms with Gasteiger partial charge in [-0.3, -0.25) is 0 Å². The number of rotatable bonds is 2. The number of hydrazine groups is 1. The molecule has 0 bridgehead atoms. The van der Waals surface area contributed by atoms with Crippen LogP contribution >= 0.6 is 0 Å². The molecule has 72 valence electrons. The van der Waals surface area contributed by atoms with Crippen LogP contribution in [0.2, 0.25) is 0 Å². The second-order valence-corrected chi connectivity index (χ2v) is 2.90. The molecule has 0 aliphatic heterocycles. The minimum atomic E-state index is 0.644. The molecule has 0 unspecified atom stereocenters. The molecule has 0 fully saturated rings. The third-order valence-electron chi connectivity index (χ3n) is 2.05. The average molecular weight is 189 g/mol. The molecule has 0 atom stereocenters. The molecule has 14 heavy (non-hydrogen) atoms. The predicted octanol–water partition coefficient (Wildman–Crippen LogP) is 1.53. The van der Waals surface area contributed by atoms with Gasteiger partial charge in [0.25, 0.3) is 0 Å². The van der Waals surface area contributed by atoms with E-state index in [-0.39, 0.29) is 0 Å². The smallest absolute Gasteiger partial charge is 0.140 e. The van der Waals surface area contributed by atoms with Gasteiger partial charge in [0.05, 0.1) is 12.6 Å². The number of aromatic nitrogens is 1. The summed E-state index contributed by atoms with van der Waals surface area (Å²) >= 11 is 0. The van der Waals surface area contributed by atoms with Crippen LogP contribution in [0.15, 0.2) is 30.3 Å². The molecule has 3 N–H and O–H groups in total. The van der Waals surface area contributed by atoms with Crippen molar-refractivity contribution >= 4 is 16.7 Å². The van der Waals surface area contributed by atoms with Crippen LogP contribution in [0.3, 0.4) is 0 Å². The first-order chi connectivity index (χ1) is 6.83. The van der Waals surface area contributed by atoms with Crippen LogP contribution in [0.4, 0.5) is 5.82 Å². The highest BCUT2D eigenvalue weighted by atomic mass is 16.5. The van der Waals surface area contributed by atoms with Crippen LogP contribution < -0.4 is 16.0 Å². The van der Waals surface area contributed by atoms with E-state index in [4.69, 9.17) is 10.6 Å². The van der Waals surface area contributed by atoms with Crippen molar-refractivity contribution in [3.8, 4) is 5.75 Å². The number of hydrogen-bond donors (Lipinski definition) is 2. The summed E-state index contributed by atoms with van der Waals surface area (Å²) in [6.45, 7) is 0. The largest absolute Gasteiger partial charge is 0.497 e. The highest BCUT2D eigenvalue weighted by molar-refractivity contribution is 5.81. The monoisotopic (exact) mass is 189 g/mol. The molecular formula is C10H11N3O. The van der Waals surface area contributed by atoms with Crippen molar-refractivity contribution in [1.82, 2.24) is 4.98 Å². The van der Waals surface area contributed by atoms with E-state index in [9.17, 15) is 0 Å². The molecule has 0 saturated carbocycles. The minimum absolute atomic E-state index is 0.644. The highest BCUT2D eigenvalue weighted by Crippen LogP contribution is 2.20. The summed E-state index contributed by atoms with van der Waals surface area (Å²) in [4.78, 5) is 4.29. The number of hydrogen-bond acceptors (Lipinski definition) is 4. The van der Waals surface area contributed by atoms with E-state index in [2.05, 4.69) is 10.4 Å². The third kappa shape index (κ3) is 1.47. The van der Waals surface area contributed by atoms with E-state index in [1.165, 1.54) is 0 Å². The van der Waals surface area contributed by atoms with Crippen molar-refractivity contribution in [2.75, 3.05) is 12.5 Å². The summed E-state index contributed by atoms with van der Waals surface area (Å²) in [6.07, 6.45) is 0. The Hall–Kier alpha value is -1.81. The molecular weight excluding hydrogens is 178 g/mol. The summed E-state index contributed by atoms with van der Waals surface area (Å²) in [5.74, 6) is 6.70. The van der Waals surface area contributed by atoms with E-state index in [0.29, 0.717) is 5.82 Å². The fourth-order valence-electron chi connectivity index (χ4n) is 1.30. The van der Waals surface area contributed by atoms with E-state index < -0.39 is 0 Å². The van der Waals surface area contributed by atoms with Gasteiger partial charge >= 0.3 is 0 Å². The van der Waals surface area contributed by atoms with Crippen molar-refractivity contribution in [3.63, 3.8) is 0 Å². The van der Waals surface area contributed by atoms with Gasteiger partial charge in [-0.25, -0.2) is 10.8 Å². The first-order valence-corrected chi connectivity index (χ1v) is 4.25. The average Bonchev–Trinajstić information content (AvgIpc) is 2.27. The van der Waals surface area contributed by atoms with E-state index in [1.807, 2.05) is 30.3 Å². The molecule has 0 spiro atoms. The van der Waals surface area contributed by atoms with E-state index in [0.717, 1.165) is 16.7 Å². The Morgan fingerprint density at radius 1 is 1.29 bits per heavy atom. The summed E-state index contributed by atoms with van der Waals surface area (Å²) in [6, 6.07) is 9.52. The van der Waals surface area contributed by atoms with Gasteiger partial charge in [-0.1, -0.05) is 0 Å². The molecule has 1 aromatic carbocycles. The van der Waals surface area contributed by atoms with Crippen LogP contribution in [-0.2, 0) is 0 Å². The Balaban J connectivity index is 2.60. The van der Waals surface area contributed by atoms with Crippen LogP contribution in [0.25, 0.3) is 10.9 Å². The maximum Gasteiger partial charge on any atom is 0.140 e. The molecule has 0 saturated heterocycles. The third-order valence-corrected chi connectivity index (χ3v) is 2.05. The maximum absolute atomic E-state index is 5.27. The van der Waals surface area contributed by atoms with Gasteiger partial charge in [-0.15, -0.1) is 0 Å². The molecule has 0 aliphatic carbocycles. The Kier molecular flexibility index (Phi) is 2.20. The molecule has 4 nitrogen and oxygen atoms in total. The zero-order valence-corrected chi connectivity index (χ0v) is 7.82. The highest BCUT2D eigenvalue weighted by Gasteiger charge is 1.98. The molecule has 0 amide bonds. The van der Waals surface area contributed by atoms with Crippen molar-refractivity contribution < 1.29 is 4.74 Å². The lowest BCUT2D eigenvalue weighted by Gasteiger charge is -2.03. The molecule has 2 aromatic rings. The van der Waals surface area contributed by atoms with Crippen molar-refractivity contribution in [1.29, 1.82) is 0 Å². The number of nitrogens with one attached hydrogen (secondary N) is 1. The fourth-order valence-corrected chi connectivity index (χ4v) is 1.30. The fraction of sp³-hybridized carbons (Fsp3) is 0.100. The van der Waals surface area contributed by atoms with Crippen LogP contribution in [-0.4, -0.2) is 12.1 Å². The van der Waals surface area contributed by atoms with Gasteiger partial charge in [-0.05, 0) is 24.3 Å². The summed E-state index contributed by atoms with van der Waals surface area (Å²) in [7, 11) is 1.63. The number of nitrogens with two attached hydrogens (primary N) is 1. The molecule has 1 heterocycles. The van der Waals surface area contributed by atoms with Crippen LogP contribution in [0.5, 0.6) is 5.75 Å². The van der Waals surface area contributed by atoms with Crippen molar-refractivity contribution in [2.24, 2.45) is 5.84 Å². The molecule has 2 rings (SSSR count). The van der Waals surface area contributed by atoms with Gasteiger partial charge < -0.3 is 10.2 Å². The first-order valence-electron chi connectivity index (χ1n) is 4.25. The Morgan fingerprint density at radius 2 is 2.07 bits per heavy atom. The number of nitrogen functional groups attached to an aromatic ring is 1. The lowest BCUT2D eigenvalue weighted by atomic mass is 10.2. The second kappa shape index (κ2) is 3.51. The summed E-state index contributed by atoms with van der Waals surface area (Å²) in [5.41, 5.74) is 3.37. The van der Waals surface area contributed by atoms with Crippen molar-refractivity contribution in [2.45, 2.75) is 0 Å². The number of ether oxygens (including phenoxy) is 1. The Labute approximate surface area is 81.7 Å². The van der Waals surface area contributed by atoms with Gasteiger partial charge in [0.2, 0.25) is 0 Å². The van der Waals surface area contributed by atoms with Gasteiger partial charge in [-0.2, -0.15) is 0 Å². The van der Waals surface area contributed by atoms with E-state index >= 15 is 0 Å². The molecule has 4 heteroatoms. The van der Waals surface area contributed by atoms with Gasteiger partial charge in [0, 0.05) is 11.5 Å². The molecule has 1 aromatic heterocycles. The number of anilines is 1. The zero-order valence-electron chi connectivity index (χ0n) is 7.82. The standard InChI is InChI=1S/C10H11N3O/c1-14-8-4-2-7-3-5-10(13-11)12-9(7)6-8/h2-6H,11H2,1H3,(H,12,13). The number of methoxy groups -OCH3 is 1. The quantitative estimate of drug-likeness (QED) is 0.555. The van der Waals surface area contributed by atoms with E-state index in [1.54, 1.807) is 7.11 Å². The Bertz CT molecular complexity index is 417. The lowest BCUT2D eigenvalue weighted by Crippen LogP contribution is -2.08. The normalized spacial score (nSPS) is 10.1. The maximum atomic E-state index is 5.27. The predicted molar refractivity (Wildman–Crippen MR) is 56.1 cm³/mol. The number of benzene rings is 1. The number of fused-ring (bicyclic) bond motifs is 1. The first kappa shape index (κ1) is 8.77. The van der Waals surface area contributed by atoms with Gasteiger partial charge in [0.1, 0.15) is 11.6 Å².